The maximum atomic E-state index is 11.9. The van der Waals surface area contributed by atoms with Crippen LogP contribution in [0.2, 0.25) is 5.04 Å². The van der Waals surface area contributed by atoms with E-state index in [0.29, 0.717) is 12.5 Å². The maximum Gasteiger partial charge on any atom is 0.261 e. The molecule has 0 heterocycles. The molecular formula is C32H46O2Si. The first-order valence-electron chi connectivity index (χ1n) is 13.3. The van der Waals surface area contributed by atoms with Crippen LogP contribution in [0.15, 0.2) is 84.0 Å². The third kappa shape index (κ3) is 7.06. The van der Waals surface area contributed by atoms with Crippen LogP contribution in [0.4, 0.5) is 0 Å². The summed E-state index contributed by atoms with van der Waals surface area (Å²) in [4.78, 5) is 0. The highest BCUT2D eigenvalue weighted by Gasteiger charge is 2.53. The Hall–Kier alpha value is -1.94. The Labute approximate surface area is 215 Å². The van der Waals surface area contributed by atoms with Crippen molar-refractivity contribution in [1.29, 1.82) is 0 Å². The van der Waals surface area contributed by atoms with Crippen molar-refractivity contribution in [3.8, 4) is 0 Å². The molecule has 1 N–H and O–H groups in total. The second-order valence-corrected chi connectivity index (χ2v) is 16.0. The lowest BCUT2D eigenvalue weighted by Crippen LogP contribution is -2.67. The average molecular weight is 491 g/mol. The largest absolute Gasteiger partial charge is 0.404 e. The lowest BCUT2D eigenvalue weighted by Gasteiger charge is -2.45. The van der Waals surface area contributed by atoms with Gasteiger partial charge in [0.15, 0.2) is 0 Å². The van der Waals surface area contributed by atoms with E-state index in [2.05, 4.69) is 114 Å². The number of rotatable bonds is 12. The highest BCUT2D eigenvalue weighted by molar-refractivity contribution is 6.99. The van der Waals surface area contributed by atoms with E-state index in [9.17, 15) is 5.11 Å². The smallest absolute Gasteiger partial charge is 0.261 e. The molecule has 2 nitrogen and oxygen atoms in total. The Morgan fingerprint density at radius 3 is 1.89 bits per heavy atom. The van der Waals surface area contributed by atoms with Gasteiger partial charge in [-0.1, -0.05) is 105 Å². The summed E-state index contributed by atoms with van der Waals surface area (Å²) < 4.78 is 7.14. The molecule has 1 aliphatic carbocycles. The molecule has 3 rings (SSSR count). The number of aliphatic hydroxyl groups is 1. The van der Waals surface area contributed by atoms with Crippen LogP contribution in [0.5, 0.6) is 0 Å². The summed E-state index contributed by atoms with van der Waals surface area (Å²) in [7, 11) is -2.65. The molecule has 0 aromatic heterocycles. The molecule has 1 saturated carbocycles. The van der Waals surface area contributed by atoms with Crippen LogP contribution in [0, 0.1) is 5.92 Å². The van der Waals surface area contributed by atoms with Crippen molar-refractivity contribution < 1.29 is 9.53 Å². The molecule has 0 bridgehead atoms. The summed E-state index contributed by atoms with van der Waals surface area (Å²) in [5.74, 6) is 0.347. The second kappa shape index (κ2) is 11.9. The van der Waals surface area contributed by atoms with E-state index >= 15 is 0 Å². The molecule has 3 heteroatoms. The topological polar surface area (TPSA) is 29.5 Å². The highest BCUT2D eigenvalue weighted by Crippen LogP contribution is 2.44. The predicted octanol–water partition coefficient (Wildman–Crippen LogP) is 7.18. The molecule has 1 aliphatic rings. The summed E-state index contributed by atoms with van der Waals surface area (Å²) in [6, 6.07) is 21.5. The van der Waals surface area contributed by atoms with Gasteiger partial charge >= 0.3 is 0 Å². The molecular weight excluding hydrogens is 444 g/mol. The summed E-state index contributed by atoms with van der Waals surface area (Å²) >= 11 is 0. The summed E-state index contributed by atoms with van der Waals surface area (Å²) in [6.45, 7) is 13.8. The van der Waals surface area contributed by atoms with E-state index in [0.717, 1.165) is 38.5 Å². The first-order valence-corrected chi connectivity index (χ1v) is 15.3. The van der Waals surface area contributed by atoms with Gasteiger partial charge in [-0.15, -0.1) is 0 Å². The molecule has 0 saturated heterocycles. The number of benzene rings is 2. The molecule has 2 aromatic carbocycles. The van der Waals surface area contributed by atoms with Gasteiger partial charge in [-0.2, -0.15) is 0 Å². The van der Waals surface area contributed by atoms with Gasteiger partial charge < -0.3 is 9.53 Å². The zero-order valence-corrected chi connectivity index (χ0v) is 23.8. The maximum absolute atomic E-state index is 11.9. The first-order chi connectivity index (χ1) is 16.6. The van der Waals surface area contributed by atoms with Gasteiger partial charge in [-0.3, -0.25) is 0 Å². The van der Waals surface area contributed by atoms with E-state index in [4.69, 9.17) is 4.43 Å². The lowest BCUT2D eigenvalue weighted by molar-refractivity contribution is -0.0333. The van der Waals surface area contributed by atoms with Crippen molar-refractivity contribution in [2.24, 2.45) is 5.92 Å². The van der Waals surface area contributed by atoms with Crippen molar-refractivity contribution in [2.45, 2.75) is 90.7 Å². The fourth-order valence-corrected chi connectivity index (χ4v) is 9.89. The van der Waals surface area contributed by atoms with Crippen molar-refractivity contribution in [2.75, 3.05) is 6.61 Å². The van der Waals surface area contributed by atoms with Crippen LogP contribution in [-0.2, 0) is 4.43 Å². The standard InChI is InChI=1S/C32H46O2Si/c1-26(2)15-13-16-27(3)17-14-24-32(33,28-22-23-28)25-34-35(31(4,5)6,29-18-9-7-10-19-29)30-20-11-8-12-21-30/h7-12,15,17-21,28,33H,13-14,16,22-25H2,1-6H3/b27-17+. The number of hydrogen-bond donors (Lipinski definition) is 1. The Bertz CT molecular complexity index is 940. The Morgan fingerprint density at radius 2 is 1.43 bits per heavy atom. The van der Waals surface area contributed by atoms with Crippen LogP contribution in [0.1, 0.15) is 80.1 Å². The van der Waals surface area contributed by atoms with E-state index in [-0.39, 0.29) is 5.04 Å². The van der Waals surface area contributed by atoms with Crippen LogP contribution in [0.3, 0.4) is 0 Å². The summed E-state index contributed by atoms with van der Waals surface area (Å²) in [5.41, 5.74) is 2.01. The van der Waals surface area contributed by atoms with Crippen LogP contribution >= 0.6 is 0 Å². The molecule has 35 heavy (non-hydrogen) atoms. The number of hydrogen-bond acceptors (Lipinski definition) is 2. The molecule has 1 fully saturated rings. The molecule has 0 radical (unpaired) electrons. The zero-order valence-electron chi connectivity index (χ0n) is 22.8. The SMILES string of the molecule is CC(C)=CCC/C(C)=C/CCC(O)(CO[Si](c1ccccc1)(c1ccccc1)C(C)(C)C)C1CC1. The fourth-order valence-electron chi connectivity index (χ4n) is 5.27. The van der Waals surface area contributed by atoms with Gasteiger partial charge in [0, 0.05) is 0 Å². The van der Waals surface area contributed by atoms with Gasteiger partial charge in [-0.25, -0.2) is 0 Å². The summed E-state index contributed by atoms with van der Waals surface area (Å²) in [6.07, 6.45) is 10.7. The van der Waals surface area contributed by atoms with Gasteiger partial charge in [0.25, 0.3) is 8.32 Å². The minimum atomic E-state index is -2.65. The van der Waals surface area contributed by atoms with E-state index < -0.39 is 13.9 Å². The fraction of sp³-hybridized carbons (Fsp3) is 0.500. The van der Waals surface area contributed by atoms with Crippen molar-refractivity contribution in [3.05, 3.63) is 84.0 Å². The third-order valence-electron chi connectivity index (χ3n) is 7.45. The average Bonchev–Trinajstić information content (AvgIpc) is 3.66. The van der Waals surface area contributed by atoms with Crippen molar-refractivity contribution >= 4 is 18.7 Å². The van der Waals surface area contributed by atoms with Gasteiger partial charge in [0.05, 0.1) is 12.2 Å². The lowest BCUT2D eigenvalue weighted by atomic mass is 9.92. The van der Waals surface area contributed by atoms with Gasteiger partial charge in [0.1, 0.15) is 0 Å². The molecule has 1 unspecified atom stereocenters. The molecule has 0 spiro atoms. The highest BCUT2D eigenvalue weighted by atomic mass is 28.4. The Morgan fingerprint density at radius 1 is 0.886 bits per heavy atom. The normalized spacial score (nSPS) is 16.6. The Kier molecular flexibility index (Phi) is 9.37. The van der Waals surface area contributed by atoms with E-state index in [1.165, 1.54) is 21.5 Å². The molecule has 0 amide bonds. The first kappa shape index (κ1) is 27.6. The molecule has 190 valence electrons. The Balaban J connectivity index is 1.84. The monoisotopic (exact) mass is 490 g/mol. The molecule has 0 aliphatic heterocycles. The van der Waals surface area contributed by atoms with E-state index in [1.54, 1.807) is 0 Å². The third-order valence-corrected chi connectivity index (χ3v) is 12.4. The quantitative estimate of drug-likeness (QED) is 0.252. The van der Waals surface area contributed by atoms with Crippen LogP contribution in [0.25, 0.3) is 0 Å². The molecule has 2 aromatic rings. The number of allylic oxidation sites excluding steroid dienone is 4. The second-order valence-electron chi connectivity index (χ2n) is 11.7. The zero-order chi connectivity index (χ0) is 25.5. The van der Waals surface area contributed by atoms with Crippen LogP contribution < -0.4 is 10.4 Å². The predicted molar refractivity (Wildman–Crippen MR) is 153 cm³/mol. The minimum absolute atomic E-state index is 0.0818. The van der Waals surface area contributed by atoms with Crippen LogP contribution in [-0.4, -0.2) is 25.6 Å². The van der Waals surface area contributed by atoms with Crippen molar-refractivity contribution in [1.82, 2.24) is 0 Å². The molecule has 1 atom stereocenters. The van der Waals surface area contributed by atoms with Gasteiger partial charge in [0.2, 0.25) is 0 Å². The summed E-state index contributed by atoms with van der Waals surface area (Å²) in [5, 5.41) is 14.4. The van der Waals surface area contributed by atoms with Gasteiger partial charge in [-0.05, 0) is 80.6 Å². The minimum Gasteiger partial charge on any atom is -0.404 e. The van der Waals surface area contributed by atoms with Crippen molar-refractivity contribution in [3.63, 3.8) is 0 Å². The van der Waals surface area contributed by atoms with E-state index in [1.807, 2.05) is 0 Å².